The highest BCUT2D eigenvalue weighted by molar-refractivity contribution is 6.21. The number of nitrogens with zero attached hydrogens (tertiary/aromatic N) is 4. The van der Waals surface area contributed by atoms with Gasteiger partial charge in [0.1, 0.15) is 11.5 Å². The van der Waals surface area contributed by atoms with Gasteiger partial charge >= 0.3 is 0 Å². The number of pyridine rings is 1. The predicted molar refractivity (Wildman–Crippen MR) is 124 cm³/mol. The largest absolute Gasteiger partial charge is 0.494 e. The number of benzene rings is 2. The molecular weight excluding hydrogens is 405 g/mol. The van der Waals surface area contributed by atoms with Crippen LogP contribution in [0.25, 0.3) is 16.6 Å². The molecule has 0 amide bonds. The Morgan fingerprint density at radius 2 is 1.94 bits per heavy atom. The van der Waals surface area contributed by atoms with E-state index in [2.05, 4.69) is 14.9 Å². The first-order valence-corrected chi connectivity index (χ1v) is 10.2. The molecule has 0 atom stereocenters. The van der Waals surface area contributed by atoms with Gasteiger partial charge in [-0.15, -0.1) is 0 Å². The summed E-state index contributed by atoms with van der Waals surface area (Å²) in [7, 11) is 4.05. The van der Waals surface area contributed by atoms with Gasteiger partial charge in [-0.05, 0) is 62.1 Å². The first-order chi connectivity index (χ1) is 15.5. The molecule has 3 aromatic heterocycles. The van der Waals surface area contributed by atoms with E-state index in [4.69, 9.17) is 4.99 Å². The van der Waals surface area contributed by atoms with Crippen LogP contribution in [-0.4, -0.2) is 44.2 Å². The van der Waals surface area contributed by atoms with Crippen molar-refractivity contribution in [3.8, 4) is 5.88 Å². The van der Waals surface area contributed by atoms with Gasteiger partial charge in [0.15, 0.2) is 5.88 Å². The molecule has 5 aromatic rings. The lowest BCUT2D eigenvalue weighted by atomic mass is 10.0. The van der Waals surface area contributed by atoms with Crippen molar-refractivity contribution in [1.29, 1.82) is 0 Å². The number of nitrogens with one attached hydrogen (secondary N) is 1. The topological polar surface area (TPSA) is 68.9 Å². The number of H-pyrrole nitrogens is 1. The molecule has 0 aliphatic carbocycles. The summed E-state index contributed by atoms with van der Waals surface area (Å²) >= 11 is 0. The zero-order valence-corrected chi connectivity index (χ0v) is 17.7. The molecule has 0 saturated heterocycles. The van der Waals surface area contributed by atoms with Crippen LogP contribution in [0, 0.1) is 5.82 Å². The molecule has 0 spiro atoms. The molecule has 0 saturated carbocycles. The number of hydrogen-bond donors (Lipinski definition) is 2. The zero-order valence-electron chi connectivity index (χ0n) is 17.7. The summed E-state index contributed by atoms with van der Waals surface area (Å²) in [5.41, 5.74) is 5.16. The second kappa shape index (κ2) is 7.94. The van der Waals surface area contributed by atoms with Gasteiger partial charge in [0.2, 0.25) is 0 Å². The number of aliphatic imine (C=N–C) groups is 1. The van der Waals surface area contributed by atoms with Crippen LogP contribution in [0.1, 0.15) is 16.7 Å². The monoisotopic (exact) mass is 427 g/mol. The fraction of sp³-hybridized carbons (Fsp3) is 0.120. The number of aromatic nitrogens is 3. The van der Waals surface area contributed by atoms with E-state index in [1.807, 2.05) is 67.3 Å². The molecule has 0 unspecified atom stereocenters. The molecule has 0 aliphatic rings. The Hall–Kier alpha value is -3.97. The van der Waals surface area contributed by atoms with Crippen molar-refractivity contribution in [1.82, 2.24) is 19.3 Å². The minimum Gasteiger partial charge on any atom is -0.494 e. The molecule has 7 heteroatoms. The van der Waals surface area contributed by atoms with E-state index >= 15 is 0 Å². The average molecular weight is 427 g/mol. The number of halogens is 1. The molecule has 32 heavy (non-hydrogen) atoms. The summed E-state index contributed by atoms with van der Waals surface area (Å²) in [5, 5.41) is 11.5. The summed E-state index contributed by atoms with van der Waals surface area (Å²) in [5.74, 6) is -0.431. The third-order valence-corrected chi connectivity index (χ3v) is 5.32. The van der Waals surface area contributed by atoms with E-state index in [1.165, 1.54) is 17.7 Å². The van der Waals surface area contributed by atoms with E-state index in [9.17, 15) is 9.50 Å². The van der Waals surface area contributed by atoms with Crippen LogP contribution >= 0.6 is 0 Å². The summed E-state index contributed by atoms with van der Waals surface area (Å²) in [4.78, 5) is 14.2. The second-order valence-electron chi connectivity index (χ2n) is 8.01. The zero-order chi connectivity index (χ0) is 22.2. The fourth-order valence-electron chi connectivity index (χ4n) is 3.89. The number of fused-ring (bicyclic) bond motifs is 2. The van der Waals surface area contributed by atoms with Crippen molar-refractivity contribution >= 4 is 27.9 Å². The molecule has 0 fully saturated rings. The predicted octanol–water partition coefficient (Wildman–Crippen LogP) is 4.89. The van der Waals surface area contributed by atoms with Crippen molar-refractivity contribution in [2.75, 3.05) is 14.1 Å². The molecule has 0 radical (unpaired) electrons. The van der Waals surface area contributed by atoms with Gasteiger partial charge in [-0.25, -0.2) is 14.4 Å². The summed E-state index contributed by atoms with van der Waals surface area (Å²) < 4.78 is 15.7. The lowest BCUT2D eigenvalue weighted by Crippen LogP contribution is -2.10. The highest BCUT2D eigenvalue weighted by atomic mass is 19.1. The minimum atomic E-state index is -0.375. The normalized spacial score (nSPS) is 12.3. The second-order valence-corrected chi connectivity index (χ2v) is 8.01. The highest BCUT2D eigenvalue weighted by Crippen LogP contribution is 2.32. The van der Waals surface area contributed by atoms with Gasteiger partial charge in [0.25, 0.3) is 0 Å². The van der Waals surface area contributed by atoms with E-state index < -0.39 is 0 Å². The van der Waals surface area contributed by atoms with Crippen LogP contribution in [0.3, 0.4) is 0 Å². The van der Waals surface area contributed by atoms with Gasteiger partial charge in [-0.3, -0.25) is 0 Å². The Kier molecular flexibility index (Phi) is 4.95. The Morgan fingerprint density at radius 1 is 1.12 bits per heavy atom. The van der Waals surface area contributed by atoms with Crippen molar-refractivity contribution in [3.63, 3.8) is 0 Å². The van der Waals surface area contributed by atoms with Crippen LogP contribution in [0.5, 0.6) is 5.88 Å². The lowest BCUT2D eigenvalue weighted by Gasteiger charge is -2.11. The molecule has 2 N–H and O–H groups in total. The lowest BCUT2D eigenvalue weighted by molar-refractivity contribution is 0.402. The summed E-state index contributed by atoms with van der Waals surface area (Å²) in [6, 6.07) is 16.2. The number of aromatic hydroxyl groups is 1. The standard InChI is InChI=1S/C25H22FN5O/c1-30(2)14-16-3-7-19(8-4-16)28-24(17-5-10-22-27-11-12-31(22)15-17)23-20-9-6-18(26)13-21(20)29-25(23)32/h3-13,15,29,32H,14H2,1-2H3. The number of rotatable bonds is 5. The minimum absolute atomic E-state index is 0.0562. The van der Waals surface area contributed by atoms with E-state index in [0.717, 1.165) is 23.4 Å². The first kappa shape index (κ1) is 20.0. The SMILES string of the molecule is CN(C)Cc1ccc(N=C(c2ccc3nccn3c2)c2c(O)[nH]c3cc(F)ccc23)cc1. The molecular formula is C25H22FN5O. The number of aromatic amines is 1. The molecule has 160 valence electrons. The quantitative estimate of drug-likeness (QED) is 0.393. The average Bonchev–Trinajstić information content (AvgIpc) is 3.35. The van der Waals surface area contributed by atoms with Gasteiger partial charge in [0, 0.05) is 36.1 Å². The van der Waals surface area contributed by atoms with Gasteiger partial charge < -0.3 is 19.4 Å². The molecule has 0 bridgehead atoms. The Balaban J connectivity index is 1.69. The van der Waals surface area contributed by atoms with Gasteiger partial charge in [0.05, 0.1) is 22.5 Å². The Morgan fingerprint density at radius 3 is 2.72 bits per heavy atom. The molecule has 3 heterocycles. The maximum atomic E-state index is 13.8. The molecule has 5 rings (SSSR count). The van der Waals surface area contributed by atoms with Crippen LogP contribution in [-0.2, 0) is 6.54 Å². The van der Waals surface area contributed by atoms with Crippen LogP contribution in [0.15, 0.2) is 78.2 Å². The number of imidazole rings is 1. The Labute approximate surface area is 184 Å². The van der Waals surface area contributed by atoms with Crippen LogP contribution in [0.4, 0.5) is 10.1 Å². The van der Waals surface area contributed by atoms with E-state index in [1.54, 1.807) is 12.3 Å². The van der Waals surface area contributed by atoms with Crippen molar-refractivity contribution in [2.45, 2.75) is 6.54 Å². The van der Waals surface area contributed by atoms with E-state index in [-0.39, 0.29) is 11.7 Å². The third-order valence-electron chi connectivity index (χ3n) is 5.32. The third kappa shape index (κ3) is 3.74. The van der Waals surface area contributed by atoms with Crippen molar-refractivity contribution < 1.29 is 9.50 Å². The molecule has 0 aliphatic heterocycles. The van der Waals surface area contributed by atoms with Crippen molar-refractivity contribution in [2.24, 2.45) is 4.99 Å². The fourth-order valence-corrected chi connectivity index (χ4v) is 3.89. The van der Waals surface area contributed by atoms with Crippen LogP contribution < -0.4 is 0 Å². The molecule has 6 nitrogen and oxygen atoms in total. The Bertz CT molecular complexity index is 1450. The van der Waals surface area contributed by atoms with Crippen molar-refractivity contribution in [3.05, 3.63) is 95.7 Å². The highest BCUT2D eigenvalue weighted by Gasteiger charge is 2.19. The number of hydrogen-bond acceptors (Lipinski definition) is 4. The maximum Gasteiger partial charge on any atom is 0.199 e. The van der Waals surface area contributed by atoms with Gasteiger partial charge in [-0.2, -0.15) is 0 Å². The van der Waals surface area contributed by atoms with Crippen LogP contribution in [0.2, 0.25) is 0 Å². The van der Waals surface area contributed by atoms with E-state index in [0.29, 0.717) is 22.2 Å². The summed E-state index contributed by atoms with van der Waals surface area (Å²) in [6.45, 7) is 0.836. The summed E-state index contributed by atoms with van der Waals surface area (Å²) in [6.07, 6.45) is 5.51. The van der Waals surface area contributed by atoms with Gasteiger partial charge in [-0.1, -0.05) is 12.1 Å². The smallest absolute Gasteiger partial charge is 0.199 e. The first-order valence-electron chi connectivity index (χ1n) is 10.2. The maximum absolute atomic E-state index is 13.8. The molecule has 2 aromatic carbocycles.